The van der Waals surface area contributed by atoms with Gasteiger partial charge in [0, 0.05) is 17.5 Å². The summed E-state index contributed by atoms with van der Waals surface area (Å²) in [5.74, 6) is 0.704. The van der Waals surface area contributed by atoms with E-state index in [4.69, 9.17) is 16.0 Å². The molecule has 4 nitrogen and oxygen atoms in total. The number of hydrogen-bond donors (Lipinski definition) is 0. The van der Waals surface area contributed by atoms with Gasteiger partial charge in [-0.25, -0.2) is 4.98 Å². The Hall–Kier alpha value is -3.63. The second-order valence-electron chi connectivity index (χ2n) is 7.47. The third kappa shape index (κ3) is 3.66. The van der Waals surface area contributed by atoms with Crippen molar-refractivity contribution in [3.63, 3.8) is 0 Å². The number of benzene rings is 3. The Balaban J connectivity index is 1.63. The van der Waals surface area contributed by atoms with Crippen molar-refractivity contribution in [2.24, 2.45) is 0 Å². The van der Waals surface area contributed by atoms with Gasteiger partial charge in [0.2, 0.25) is 5.91 Å². The summed E-state index contributed by atoms with van der Waals surface area (Å²) in [6, 6.07) is 20.0. The molecule has 0 spiro atoms. The van der Waals surface area contributed by atoms with Crippen molar-refractivity contribution in [1.82, 2.24) is 4.98 Å². The fourth-order valence-electron chi connectivity index (χ4n) is 3.99. The maximum Gasteiger partial charge on any atom is 0.224 e. The largest absolute Gasteiger partial charge is 0.443 e. The van der Waals surface area contributed by atoms with Crippen LogP contribution in [-0.4, -0.2) is 10.9 Å². The molecule has 0 saturated carbocycles. The number of oxazole rings is 1. The number of halogens is 1. The van der Waals surface area contributed by atoms with Gasteiger partial charge in [-0.2, -0.15) is 0 Å². The van der Waals surface area contributed by atoms with Gasteiger partial charge in [0.1, 0.15) is 0 Å². The third-order valence-electron chi connectivity index (χ3n) is 5.51. The summed E-state index contributed by atoms with van der Waals surface area (Å²) in [6.45, 7) is 2.06. The van der Waals surface area contributed by atoms with Crippen LogP contribution < -0.4 is 4.90 Å². The number of carbonyl (C=O) groups excluding carboxylic acids is 1. The molecular weight excluding hydrogens is 408 g/mol. The summed E-state index contributed by atoms with van der Waals surface area (Å²) in [6.07, 6.45) is 7.24. The first kappa shape index (κ1) is 19.3. The molecule has 2 heterocycles. The zero-order chi connectivity index (χ0) is 21.4. The van der Waals surface area contributed by atoms with Crippen LogP contribution in [0.3, 0.4) is 0 Å². The first-order valence-electron chi connectivity index (χ1n) is 9.97. The summed E-state index contributed by atoms with van der Waals surface area (Å²) >= 11 is 6.19. The first-order valence-corrected chi connectivity index (χ1v) is 10.3. The van der Waals surface area contributed by atoms with Gasteiger partial charge < -0.3 is 9.32 Å². The van der Waals surface area contributed by atoms with Crippen LogP contribution in [0.4, 0.5) is 5.69 Å². The molecule has 5 heteroatoms. The molecule has 1 aliphatic heterocycles. The Morgan fingerprint density at radius 2 is 1.81 bits per heavy atom. The maximum atomic E-state index is 12.5. The standard InChI is InChI=1S/C26H19ClN2O2/c1-17(30)29-15-21-12-19(23-4-2-3-5-24(23)26-14-28-16-31-26)8-6-18(21)7-9-20-13-22(27)10-11-25(20)29/h2-14,16H,15H2,1H3/b9-7-. The number of carbonyl (C=O) groups is 1. The van der Waals surface area contributed by atoms with E-state index in [0.717, 1.165) is 44.8 Å². The quantitative estimate of drug-likeness (QED) is 0.358. The monoisotopic (exact) mass is 426 g/mol. The highest BCUT2D eigenvalue weighted by Crippen LogP contribution is 2.35. The molecule has 4 aromatic rings. The van der Waals surface area contributed by atoms with Gasteiger partial charge in [-0.15, -0.1) is 0 Å². The molecule has 5 rings (SSSR count). The highest BCUT2D eigenvalue weighted by molar-refractivity contribution is 6.30. The zero-order valence-electron chi connectivity index (χ0n) is 16.9. The second-order valence-corrected chi connectivity index (χ2v) is 7.90. The summed E-state index contributed by atoms with van der Waals surface area (Å²) < 4.78 is 5.54. The molecule has 31 heavy (non-hydrogen) atoms. The Morgan fingerprint density at radius 1 is 1.00 bits per heavy atom. The highest BCUT2D eigenvalue weighted by atomic mass is 35.5. The van der Waals surface area contributed by atoms with E-state index in [-0.39, 0.29) is 5.91 Å². The molecule has 0 aliphatic carbocycles. The Bertz CT molecular complexity index is 1310. The predicted octanol–water partition coefficient (Wildman–Crippen LogP) is 6.70. The van der Waals surface area contributed by atoms with Gasteiger partial charge in [0.25, 0.3) is 0 Å². The number of hydrogen-bond acceptors (Lipinski definition) is 3. The molecule has 0 atom stereocenters. The van der Waals surface area contributed by atoms with Crippen molar-refractivity contribution < 1.29 is 9.21 Å². The smallest absolute Gasteiger partial charge is 0.224 e. The van der Waals surface area contributed by atoms with Crippen molar-refractivity contribution in [3.8, 4) is 22.5 Å². The normalized spacial score (nSPS) is 13.7. The predicted molar refractivity (Wildman–Crippen MR) is 125 cm³/mol. The topological polar surface area (TPSA) is 46.3 Å². The van der Waals surface area contributed by atoms with Crippen LogP contribution in [0.2, 0.25) is 5.02 Å². The van der Waals surface area contributed by atoms with E-state index in [0.29, 0.717) is 11.6 Å². The van der Waals surface area contributed by atoms with Crippen molar-refractivity contribution in [2.45, 2.75) is 13.5 Å². The van der Waals surface area contributed by atoms with Gasteiger partial charge >= 0.3 is 0 Å². The number of amides is 1. The van der Waals surface area contributed by atoms with Crippen LogP contribution in [0.15, 0.2) is 77.7 Å². The Labute approximate surface area is 185 Å². The lowest BCUT2D eigenvalue weighted by atomic mass is 9.93. The van der Waals surface area contributed by atoms with Gasteiger partial charge in [-0.05, 0) is 52.1 Å². The van der Waals surface area contributed by atoms with Crippen molar-refractivity contribution in [2.75, 3.05) is 4.90 Å². The molecule has 3 aromatic carbocycles. The van der Waals surface area contributed by atoms with E-state index >= 15 is 0 Å². The lowest BCUT2D eigenvalue weighted by Gasteiger charge is -2.26. The van der Waals surface area contributed by atoms with Gasteiger partial charge in [-0.1, -0.05) is 60.2 Å². The minimum absolute atomic E-state index is 0.0164. The van der Waals surface area contributed by atoms with Gasteiger partial charge in [0.15, 0.2) is 12.2 Å². The van der Waals surface area contributed by atoms with E-state index in [1.807, 2.05) is 42.5 Å². The van der Waals surface area contributed by atoms with Crippen LogP contribution in [0, 0.1) is 0 Å². The minimum atomic E-state index is -0.0164. The highest BCUT2D eigenvalue weighted by Gasteiger charge is 2.20. The third-order valence-corrected chi connectivity index (χ3v) is 5.75. The second kappa shape index (κ2) is 7.89. The molecule has 1 aromatic heterocycles. The summed E-state index contributed by atoms with van der Waals surface area (Å²) in [5.41, 5.74) is 6.99. The molecular formula is C26H19ClN2O2. The minimum Gasteiger partial charge on any atom is -0.443 e. The molecule has 0 fully saturated rings. The molecule has 0 unspecified atom stereocenters. The van der Waals surface area contributed by atoms with Crippen LogP contribution in [0.1, 0.15) is 23.6 Å². The molecule has 0 radical (unpaired) electrons. The summed E-state index contributed by atoms with van der Waals surface area (Å²) in [4.78, 5) is 18.4. The number of fused-ring (bicyclic) bond motifs is 2. The molecule has 0 bridgehead atoms. The van der Waals surface area contributed by atoms with E-state index in [1.54, 1.807) is 18.0 Å². The van der Waals surface area contributed by atoms with E-state index in [9.17, 15) is 4.79 Å². The SMILES string of the molecule is CC(=O)N1Cc2cc(-c3ccccc3-c3cnco3)ccc2/C=C\c2cc(Cl)ccc21. The summed E-state index contributed by atoms with van der Waals surface area (Å²) in [5, 5.41) is 0.645. The Morgan fingerprint density at radius 3 is 2.58 bits per heavy atom. The zero-order valence-corrected chi connectivity index (χ0v) is 17.6. The molecule has 0 N–H and O–H groups in total. The molecule has 152 valence electrons. The fraction of sp³-hybridized carbons (Fsp3) is 0.0769. The van der Waals surface area contributed by atoms with Crippen LogP contribution in [0.5, 0.6) is 0 Å². The van der Waals surface area contributed by atoms with E-state index < -0.39 is 0 Å². The average Bonchev–Trinajstić information content (AvgIpc) is 3.30. The fourth-order valence-corrected chi connectivity index (χ4v) is 4.17. The van der Waals surface area contributed by atoms with Gasteiger partial charge in [-0.3, -0.25) is 4.79 Å². The molecule has 0 saturated heterocycles. The van der Waals surface area contributed by atoms with Crippen LogP contribution in [0.25, 0.3) is 34.6 Å². The Kier molecular flexibility index (Phi) is 4.92. The van der Waals surface area contributed by atoms with Crippen LogP contribution >= 0.6 is 11.6 Å². The average molecular weight is 427 g/mol. The molecule has 1 aliphatic rings. The van der Waals surface area contributed by atoms with E-state index in [1.165, 1.54) is 6.39 Å². The lowest BCUT2D eigenvalue weighted by Crippen LogP contribution is -2.29. The number of anilines is 1. The van der Waals surface area contributed by atoms with Crippen LogP contribution in [-0.2, 0) is 11.3 Å². The maximum absolute atomic E-state index is 12.5. The summed E-state index contributed by atoms with van der Waals surface area (Å²) in [7, 11) is 0. The molecule has 1 amide bonds. The first-order chi connectivity index (χ1) is 15.1. The van der Waals surface area contributed by atoms with Crippen molar-refractivity contribution in [1.29, 1.82) is 0 Å². The van der Waals surface area contributed by atoms with Crippen molar-refractivity contribution >= 4 is 35.3 Å². The number of rotatable bonds is 2. The van der Waals surface area contributed by atoms with Crippen molar-refractivity contribution in [3.05, 3.63) is 95.0 Å². The lowest BCUT2D eigenvalue weighted by molar-refractivity contribution is -0.116. The van der Waals surface area contributed by atoms with Gasteiger partial charge in [0.05, 0.1) is 18.4 Å². The van der Waals surface area contributed by atoms with E-state index in [2.05, 4.69) is 35.3 Å². The number of nitrogens with zero attached hydrogens (tertiary/aromatic N) is 2. The number of aromatic nitrogens is 1.